The van der Waals surface area contributed by atoms with Crippen LogP contribution in [0.5, 0.6) is 0 Å². The number of anilines is 1. The highest BCUT2D eigenvalue weighted by atomic mass is 35.5. The highest BCUT2D eigenvalue weighted by molar-refractivity contribution is 6.17. The van der Waals surface area contributed by atoms with E-state index in [9.17, 15) is 28.8 Å². The number of rotatable bonds is 18. The average molecular weight is 603 g/mol. The fourth-order valence-electron chi connectivity index (χ4n) is 4.94. The number of urea groups is 1. The van der Waals surface area contributed by atoms with Crippen LogP contribution in [0.2, 0.25) is 0 Å². The average Bonchev–Trinajstić information content (AvgIpc) is 3.27. The van der Waals surface area contributed by atoms with Gasteiger partial charge in [0.15, 0.2) is 0 Å². The molecule has 1 aromatic carbocycles. The van der Waals surface area contributed by atoms with Crippen LogP contribution >= 0.6 is 11.6 Å². The number of unbranched alkanes of at least 4 members (excludes halogenated alkanes) is 2. The van der Waals surface area contributed by atoms with Gasteiger partial charge in [0.1, 0.15) is 17.2 Å². The molecule has 2 aliphatic rings. The van der Waals surface area contributed by atoms with Gasteiger partial charge in [0.25, 0.3) is 11.8 Å². The van der Waals surface area contributed by atoms with Crippen molar-refractivity contribution in [3.63, 3.8) is 0 Å². The molecule has 42 heavy (non-hydrogen) atoms. The van der Waals surface area contributed by atoms with Crippen LogP contribution in [0.15, 0.2) is 36.4 Å². The van der Waals surface area contributed by atoms with Crippen molar-refractivity contribution in [3.05, 3.63) is 42.0 Å². The molecular weight excluding hydrogens is 564 g/mol. The van der Waals surface area contributed by atoms with Crippen molar-refractivity contribution in [1.29, 1.82) is 0 Å². The number of carbonyl (C=O) groups excluding carboxylic acids is 6. The van der Waals surface area contributed by atoms with E-state index in [4.69, 9.17) is 17.3 Å². The van der Waals surface area contributed by atoms with Crippen molar-refractivity contribution in [1.82, 2.24) is 20.9 Å². The topological polar surface area (TPSA) is 180 Å². The van der Waals surface area contributed by atoms with Crippen molar-refractivity contribution in [2.45, 2.75) is 62.8 Å². The quantitative estimate of drug-likeness (QED) is 0.0557. The first-order chi connectivity index (χ1) is 20.1. The minimum absolute atomic E-state index is 0.0638. The van der Waals surface area contributed by atoms with Crippen LogP contribution in [0.4, 0.5) is 10.5 Å². The zero-order valence-corrected chi connectivity index (χ0v) is 24.3. The number of carbonyl (C=O) groups is 6. The van der Waals surface area contributed by atoms with Crippen LogP contribution in [0.3, 0.4) is 0 Å². The Morgan fingerprint density at radius 1 is 0.952 bits per heavy atom. The van der Waals surface area contributed by atoms with E-state index in [1.165, 1.54) is 17.1 Å². The van der Waals surface area contributed by atoms with Gasteiger partial charge in [0, 0.05) is 49.9 Å². The Balaban J connectivity index is 1.57. The van der Waals surface area contributed by atoms with Gasteiger partial charge in [-0.15, -0.1) is 11.6 Å². The van der Waals surface area contributed by atoms with Crippen molar-refractivity contribution in [2.24, 2.45) is 11.1 Å². The minimum Gasteiger partial charge on any atom is -0.382 e. The van der Waals surface area contributed by atoms with E-state index in [2.05, 4.69) is 21.3 Å². The number of primary amides is 1. The van der Waals surface area contributed by atoms with Gasteiger partial charge in [-0.25, -0.2) is 4.79 Å². The molecule has 0 saturated heterocycles. The largest absolute Gasteiger partial charge is 0.382 e. The summed E-state index contributed by atoms with van der Waals surface area (Å²) in [7, 11) is 0. The number of amides is 6. The van der Waals surface area contributed by atoms with Gasteiger partial charge in [-0.05, 0) is 62.6 Å². The standard InChI is InChI=1S/C29H39ClN6O6/c30-18-21-6-8-22(9-7-21)34-19-28(20-37,12-5-16-33-27(31)42)35-26(41)29(13-4-14-29)25(40)32-15-2-1-3-17-36-23(38)10-11-24(36)39/h6-11,20,34H,1-5,12-19H2,(H,32,40)(H,35,41)(H3,31,33,42)/t28-/m1/s1. The van der Waals surface area contributed by atoms with Crippen molar-refractivity contribution in [2.75, 3.05) is 31.5 Å². The van der Waals surface area contributed by atoms with Gasteiger partial charge in [0.05, 0.1) is 0 Å². The summed E-state index contributed by atoms with van der Waals surface area (Å²) in [4.78, 5) is 74.9. The first-order valence-electron chi connectivity index (χ1n) is 14.2. The van der Waals surface area contributed by atoms with E-state index in [1.807, 2.05) is 24.3 Å². The van der Waals surface area contributed by atoms with E-state index in [0.29, 0.717) is 70.2 Å². The minimum atomic E-state index is -1.34. The summed E-state index contributed by atoms with van der Waals surface area (Å²) in [6.45, 7) is 0.936. The zero-order valence-electron chi connectivity index (χ0n) is 23.6. The van der Waals surface area contributed by atoms with Crippen LogP contribution in [-0.4, -0.2) is 72.6 Å². The lowest BCUT2D eigenvalue weighted by Gasteiger charge is -2.41. The van der Waals surface area contributed by atoms with Crippen molar-refractivity contribution < 1.29 is 28.8 Å². The Kier molecular flexibility index (Phi) is 11.9. The van der Waals surface area contributed by atoms with E-state index >= 15 is 0 Å². The number of hydrogen-bond donors (Lipinski definition) is 5. The first-order valence-corrected chi connectivity index (χ1v) is 14.7. The Labute approximate surface area is 250 Å². The lowest BCUT2D eigenvalue weighted by atomic mass is 9.66. The molecule has 0 bridgehead atoms. The lowest BCUT2D eigenvalue weighted by Crippen LogP contribution is -2.63. The second-order valence-electron chi connectivity index (χ2n) is 10.7. The van der Waals surface area contributed by atoms with Crippen LogP contribution in [0.25, 0.3) is 0 Å². The molecule has 0 unspecified atom stereocenters. The van der Waals surface area contributed by atoms with Gasteiger partial charge in [-0.1, -0.05) is 18.6 Å². The number of nitrogens with two attached hydrogens (primary N) is 1. The summed E-state index contributed by atoms with van der Waals surface area (Å²) in [5.41, 5.74) is 4.19. The molecule has 1 aromatic rings. The zero-order chi connectivity index (χ0) is 30.6. The summed E-state index contributed by atoms with van der Waals surface area (Å²) in [6, 6.07) is 6.66. The summed E-state index contributed by atoms with van der Waals surface area (Å²) in [6.07, 6.45) is 7.06. The second-order valence-corrected chi connectivity index (χ2v) is 11.0. The Hall–Kier alpha value is -3.93. The molecule has 0 radical (unpaired) electrons. The third kappa shape index (κ3) is 8.54. The summed E-state index contributed by atoms with van der Waals surface area (Å²) in [5.74, 6) is -1.18. The number of alkyl halides is 1. The Morgan fingerprint density at radius 2 is 1.62 bits per heavy atom. The monoisotopic (exact) mass is 602 g/mol. The van der Waals surface area contributed by atoms with Crippen LogP contribution in [0.1, 0.15) is 56.9 Å². The molecule has 3 rings (SSSR count). The van der Waals surface area contributed by atoms with Gasteiger partial charge >= 0.3 is 6.03 Å². The molecule has 1 aliphatic carbocycles. The molecule has 13 heteroatoms. The first kappa shape index (κ1) is 32.6. The third-order valence-electron chi connectivity index (χ3n) is 7.72. The molecule has 12 nitrogen and oxygen atoms in total. The molecule has 1 heterocycles. The molecule has 1 aliphatic heterocycles. The predicted molar refractivity (Wildman–Crippen MR) is 157 cm³/mol. The van der Waals surface area contributed by atoms with Crippen molar-refractivity contribution >= 4 is 53.2 Å². The van der Waals surface area contributed by atoms with E-state index in [1.54, 1.807) is 0 Å². The number of imide groups is 1. The second kappa shape index (κ2) is 15.3. The molecule has 6 amide bonds. The molecule has 0 aromatic heterocycles. The maximum atomic E-state index is 13.6. The van der Waals surface area contributed by atoms with Gasteiger partial charge < -0.3 is 31.8 Å². The fraction of sp³-hybridized carbons (Fsp3) is 0.517. The van der Waals surface area contributed by atoms with Crippen LogP contribution < -0.4 is 27.0 Å². The van der Waals surface area contributed by atoms with E-state index < -0.39 is 22.9 Å². The van der Waals surface area contributed by atoms with Crippen LogP contribution in [-0.2, 0) is 29.9 Å². The highest BCUT2D eigenvalue weighted by Crippen LogP contribution is 2.42. The molecule has 228 valence electrons. The van der Waals surface area contributed by atoms with E-state index in [0.717, 1.165) is 11.3 Å². The highest BCUT2D eigenvalue weighted by Gasteiger charge is 2.52. The fourth-order valence-corrected chi connectivity index (χ4v) is 5.12. The number of benzene rings is 1. The Bertz CT molecular complexity index is 1170. The third-order valence-corrected chi connectivity index (χ3v) is 8.03. The molecule has 1 fully saturated rings. The molecule has 0 spiro atoms. The molecule has 1 saturated carbocycles. The number of nitrogens with zero attached hydrogens (tertiary/aromatic N) is 1. The summed E-state index contributed by atoms with van der Waals surface area (Å²) in [5, 5.41) is 11.4. The smallest absolute Gasteiger partial charge is 0.312 e. The number of aldehydes is 1. The van der Waals surface area contributed by atoms with Gasteiger partial charge in [-0.2, -0.15) is 0 Å². The van der Waals surface area contributed by atoms with Gasteiger partial charge in [0.2, 0.25) is 11.8 Å². The lowest BCUT2D eigenvalue weighted by molar-refractivity contribution is -0.151. The Morgan fingerprint density at radius 3 is 2.19 bits per heavy atom. The predicted octanol–water partition coefficient (Wildman–Crippen LogP) is 1.72. The van der Waals surface area contributed by atoms with Gasteiger partial charge in [-0.3, -0.25) is 24.1 Å². The number of nitrogens with one attached hydrogen (secondary N) is 4. The summed E-state index contributed by atoms with van der Waals surface area (Å²) >= 11 is 5.87. The number of hydrogen-bond acceptors (Lipinski definition) is 7. The normalized spacial score (nSPS) is 16.7. The number of halogens is 1. The maximum absolute atomic E-state index is 13.6. The SMILES string of the molecule is NC(=O)NCCC[C@](C=O)(CNc1ccc(CCl)cc1)NC(=O)C1(C(=O)NCCCCCN2C(=O)C=CC2=O)CCC1. The van der Waals surface area contributed by atoms with Crippen molar-refractivity contribution in [3.8, 4) is 0 Å². The van der Waals surface area contributed by atoms with E-state index in [-0.39, 0.29) is 37.2 Å². The van der Waals surface area contributed by atoms with Crippen LogP contribution in [0, 0.1) is 5.41 Å². The maximum Gasteiger partial charge on any atom is 0.312 e. The molecule has 1 atom stereocenters. The molecule has 6 N–H and O–H groups in total. The summed E-state index contributed by atoms with van der Waals surface area (Å²) < 4.78 is 0. The molecular formula is C29H39ClN6O6.